The smallest absolute Gasteiger partial charge is 0.109 e. The van der Waals surface area contributed by atoms with Crippen LogP contribution in [0.2, 0.25) is 0 Å². The lowest BCUT2D eigenvalue weighted by Gasteiger charge is -2.15. The molecule has 2 aromatic rings. The van der Waals surface area contributed by atoms with Crippen LogP contribution in [0.1, 0.15) is 17.1 Å². The Bertz CT molecular complexity index is 511. The van der Waals surface area contributed by atoms with Crippen LogP contribution in [-0.2, 0) is 27.1 Å². The first-order valence-electron chi connectivity index (χ1n) is 6.20. The predicted molar refractivity (Wildman–Crippen MR) is 71.2 cm³/mol. The first-order chi connectivity index (χ1) is 8.56. The average Bonchev–Trinajstić information content (AvgIpc) is 2.83. The minimum Gasteiger partial charge on any atom is -0.338 e. The van der Waals surface area contributed by atoms with E-state index in [1.165, 1.54) is 5.56 Å². The van der Waals surface area contributed by atoms with E-state index in [1.807, 2.05) is 31.2 Å². The molecule has 0 amide bonds. The summed E-state index contributed by atoms with van der Waals surface area (Å²) in [5.41, 5.74) is 2.40. The highest BCUT2D eigenvalue weighted by Gasteiger charge is 2.07. The molecule has 2 aromatic heterocycles. The van der Waals surface area contributed by atoms with Gasteiger partial charge in [0.1, 0.15) is 5.82 Å². The van der Waals surface area contributed by atoms with Crippen LogP contribution >= 0.6 is 0 Å². The van der Waals surface area contributed by atoms with Crippen LogP contribution < -0.4 is 0 Å². The molecule has 0 fully saturated rings. The quantitative estimate of drug-likeness (QED) is 0.795. The number of rotatable bonds is 5. The first kappa shape index (κ1) is 12.8. The van der Waals surface area contributed by atoms with Crippen molar-refractivity contribution in [2.75, 3.05) is 13.6 Å². The summed E-state index contributed by atoms with van der Waals surface area (Å²) in [6.07, 6.45) is 6.90. The molecule has 0 aromatic carbocycles. The van der Waals surface area contributed by atoms with Gasteiger partial charge in [0.2, 0.25) is 0 Å². The zero-order valence-electron chi connectivity index (χ0n) is 11.6. The van der Waals surface area contributed by atoms with Gasteiger partial charge in [-0.25, -0.2) is 4.98 Å². The molecule has 0 atom stereocenters. The van der Waals surface area contributed by atoms with Crippen molar-refractivity contribution in [1.29, 1.82) is 0 Å². The van der Waals surface area contributed by atoms with E-state index in [0.29, 0.717) is 0 Å². The molecule has 18 heavy (non-hydrogen) atoms. The number of nitrogens with zero attached hydrogens (tertiary/aromatic N) is 5. The van der Waals surface area contributed by atoms with Gasteiger partial charge < -0.3 is 9.47 Å². The molecule has 0 saturated heterocycles. The van der Waals surface area contributed by atoms with Crippen LogP contribution in [0.4, 0.5) is 0 Å². The van der Waals surface area contributed by atoms with Gasteiger partial charge in [0.05, 0.1) is 5.69 Å². The maximum Gasteiger partial charge on any atom is 0.109 e. The maximum atomic E-state index is 4.36. The largest absolute Gasteiger partial charge is 0.338 e. The molecule has 5 nitrogen and oxygen atoms in total. The van der Waals surface area contributed by atoms with Crippen molar-refractivity contribution in [1.82, 2.24) is 24.2 Å². The summed E-state index contributed by atoms with van der Waals surface area (Å²) in [7, 11) is 6.13. The summed E-state index contributed by atoms with van der Waals surface area (Å²) in [6.45, 7) is 3.99. The fraction of sp³-hybridized carbons (Fsp3) is 0.538. The van der Waals surface area contributed by atoms with E-state index < -0.39 is 0 Å². The lowest BCUT2D eigenvalue weighted by atomic mass is 10.2. The highest BCUT2D eigenvalue weighted by atomic mass is 15.3. The molecule has 0 aliphatic heterocycles. The van der Waals surface area contributed by atoms with Gasteiger partial charge in [0.15, 0.2) is 0 Å². The van der Waals surface area contributed by atoms with Crippen molar-refractivity contribution in [3.8, 4) is 0 Å². The lowest BCUT2D eigenvalue weighted by molar-refractivity contribution is 0.327. The summed E-state index contributed by atoms with van der Waals surface area (Å²) >= 11 is 0. The Morgan fingerprint density at radius 3 is 2.67 bits per heavy atom. The van der Waals surface area contributed by atoms with Crippen molar-refractivity contribution in [3.05, 3.63) is 35.7 Å². The number of hydrogen-bond donors (Lipinski definition) is 0. The second-order valence-corrected chi connectivity index (χ2v) is 4.86. The Hall–Kier alpha value is -1.62. The summed E-state index contributed by atoms with van der Waals surface area (Å²) in [4.78, 5) is 6.64. The van der Waals surface area contributed by atoms with Crippen molar-refractivity contribution >= 4 is 0 Å². The van der Waals surface area contributed by atoms with Crippen LogP contribution in [0.3, 0.4) is 0 Å². The Kier molecular flexibility index (Phi) is 3.81. The normalized spacial score (nSPS) is 11.4. The molecule has 0 unspecified atom stereocenters. The molecule has 0 aliphatic rings. The third-order valence-electron chi connectivity index (χ3n) is 3.19. The molecular weight excluding hydrogens is 226 g/mol. The third-order valence-corrected chi connectivity index (χ3v) is 3.19. The molecule has 2 heterocycles. The number of aryl methyl sites for hydroxylation is 3. The van der Waals surface area contributed by atoms with Crippen molar-refractivity contribution in [2.24, 2.45) is 14.1 Å². The monoisotopic (exact) mass is 247 g/mol. The first-order valence-corrected chi connectivity index (χ1v) is 6.20. The zero-order chi connectivity index (χ0) is 13.1. The number of aromatic nitrogens is 4. The predicted octanol–water partition coefficient (Wildman–Crippen LogP) is 1.14. The molecule has 2 rings (SSSR count). The lowest BCUT2D eigenvalue weighted by Crippen LogP contribution is -2.22. The second-order valence-electron chi connectivity index (χ2n) is 4.86. The van der Waals surface area contributed by atoms with Crippen molar-refractivity contribution in [2.45, 2.75) is 19.9 Å². The minimum absolute atomic E-state index is 0.935. The Morgan fingerprint density at radius 2 is 2.11 bits per heavy atom. The van der Waals surface area contributed by atoms with Gasteiger partial charge in [-0.1, -0.05) is 0 Å². The van der Waals surface area contributed by atoms with Gasteiger partial charge in [-0.15, -0.1) is 0 Å². The molecule has 5 heteroatoms. The van der Waals surface area contributed by atoms with E-state index in [4.69, 9.17) is 0 Å². The Morgan fingerprint density at radius 1 is 1.33 bits per heavy atom. The molecule has 0 aliphatic carbocycles. The molecule has 0 N–H and O–H groups in total. The third kappa shape index (κ3) is 2.98. The van der Waals surface area contributed by atoms with E-state index >= 15 is 0 Å². The number of likely N-dealkylation sites (N-methyl/N-ethyl adjacent to an activating group) is 1. The van der Waals surface area contributed by atoms with Crippen LogP contribution in [0.5, 0.6) is 0 Å². The van der Waals surface area contributed by atoms with Crippen LogP contribution in [0.25, 0.3) is 0 Å². The zero-order valence-corrected chi connectivity index (χ0v) is 11.6. The maximum absolute atomic E-state index is 4.36. The van der Waals surface area contributed by atoms with Crippen LogP contribution in [-0.4, -0.2) is 37.8 Å². The van der Waals surface area contributed by atoms with Gasteiger partial charge in [-0.2, -0.15) is 5.10 Å². The second kappa shape index (κ2) is 5.35. The molecular formula is C13H21N5. The van der Waals surface area contributed by atoms with Gasteiger partial charge in [-0.3, -0.25) is 4.68 Å². The van der Waals surface area contributed by atoms with Gasteiger partial charge in [0, 0.05) is 57.8 Å². The van der Waals surface area contributed by atoms with Crippen molar-refractivity contribution < 1.29 is 0 Å². The molecule has 0 saturated carbocycles. The summed E-state index contributed by atoms with van der Waals surface area (Å²) < 4.78 is 3.94. The van der Waals surface area contributed by atoms with Crippen LogP contribution in [0.15, 0.2) is 18.6 Å². The Labute approximate surface area is 108 Å². The summed E-state index contributed by atoms with van der Waals surface area (Å²) in [5, 5.41) is 4.36. The highest BCUT2D eigenvalue weighted by Crippen LogP contribution is 2.08. The molecule has 0 radical (unpaired) electrons. The van der Waals surface area contributed by atoms with Crippen molar-refractivity contribution in [3.63, 3.8) is 0 Å². The van der Waals surface area contributed by atoms with E-state index in [2.05, 4.69) is 39.7 Å². The minimum atomic E-state index is 0.935. The fourth-order valence-electron chi connectivity index (χ4n) is 2.10. The molecule has 0 spiro atoms. The van der Waals surface area contributed by atoms with E-state index in [9.17, 15) is 0 Å². The summed E-state index contributed by atoms with van der Waals surface area (Å²) in [5.74, 6) is 1.13. The van der Waals surface area contributed by atoms with Gasteiger partial charge >= 0.3 is 0 Å². The molecule has 98 valence electrons. The van der Waals surface area contributed by atoms with Gasteiger partial charge in [0.25, 0.3) is 0 Å². The Balaban J connectivity index is 1.87. The SMILES string of the molecule is Cc1nn(C)cc1CN(C)CCc1nccn1C. The standard InChI is InChI=1S/C13H21N5/c1-11-12(10-18(4)15-11)9-16(2)7-5-13-14-6-8-17(13)3/h6,8,10H,5,7,9H2,1-4H3. The average molecular weight is 247 g/mol. The van der Waals surface area contributed by atoms with E-state index in [-0.39, 0.29) is 0 Å². The fourth-order valence-corrected chi connectivity index (χ4v) is 2.10. The summed E-state index contributed by atoms with van der Waals surface area (Å²) in [6, 6.07) is 0. The van der Waals surface area contributed by atoms with Gasteiger partial charge in [-0.05, 0) is 14.0 Å². The van der Waals surface area contributed by atoms with E-state index in [0.717, 1.165) is 31.0 Å². The molecule has 0 bridgehead atoms. The highest BCUT2D eigenvalue weighted by molar-refractivity contribution is 5.14. The number of imidazole rings is 1. The van der Waals surface area contributed by atoms with E-state index in [1.54, 1.807) is 0 Å². The van der Waals surface area contributed by atoms with Crippen LogP contribution in [0, 0.1) is 6.92 Å². The number of hydrogen-bond acceptors (Lipinski definition) is 3. The topological polar surface area (TPSA) is 38.9 Å².